The molecule has 2 aromatic heterocycles. The van der Waals surface area contributed by atoms with Gasteiger partial charge < -0.3 is 8.83 Å². The van der Waals surface area contributed by atoms with Crippen molar-refractivity contribution in [2.24, 2.45) is 0 Å². The van der Waals surface area contributed by atoms with Gasteiger partial charge in [-0.2, -0.15) is 0 Å². The Morgan fingerprint density at radius 2 is 0.944 bits per heavy atom. The SMILES string of the molecule is O=c1c2cc(-c3ccccc3)ccc2oc2c1ccc1oc3ccc(-c4ccccc4)cc3c(=O)c12. The summed E-state index contributed by atoms with van der Waals surface area (Å²) in [6.45, 7) is 0. The number of rotatable bonds is 2. The maximum absolute atomic E-state index is 13.7. The van der Waals surface area contributed by atoms with Gasteiger partial charge in [0.2, 0.25) is 10.9 Å². The van der Waals surface area contributed by atoms with Crippen LogP contribution >= 0.6 is 0 Å². The Balaban J connectivity index is 1.52. The highest BCUT2D eigenvalue weighted by Crippen LogP contribution is 2.31. The lowest BCUT2D eigenvalue weighted by Crippen LogP contribution is -2.07. The molecule has 0 spiro atoms. The van der Waals surface area contributed by atoms with Crippen LogP contribution in [0.1, 0.15) is 0 Å². The molecule has 7 aromatic rings. The molecule has 0 fully saturated rings. The monoisotopic (exact) mass is 466 g/mol. The topological polar surface area (TPSA) is 60.4 Å². The van der Waals surface area contributed by atoms with Crippen molar-refractivity contribution < 1.29 is 8.83 Å². The molecule has 2 heterocycles. The molecule has 4 heteroatoms. The Morgan fingerprint density at radius 1 is 0.417 bits per heavy atom. The summed E-state index contributed by atoms with van der Waals surface area (Å²) >= 11 is 0. The highest BCUT2D eigenvalue weighted by atomic mass is 16.3. The first-order valence-corrected chi connectivity index (χ1v) is 11.7. The summed E-state index contributed by atoms with van der Waals surface area (Å²) in [4.78, 5) is 27.3. The molecular formula is C32H18O4. The molecule has 0 aliphatic rings. The van der Waals surface area contributed by atoms with Crippen molar-refractivity contribution in [3.05, 3.63) is 130 Å². The summed E-state index contributed by atoms with van der Waals surface area (Å²) in [5.74, 6) is 0. The van der Waals surface area contributed by atoms with Crippen LogP contribution in [0.2, 0.25) is 0 Å². The van der Waals surface area contributed by atoms with Gasteiger partial charge in [0.05, 0.1) is 16.2 Å². The molecule has 0 aliphatic heterocycles. The van der Waals surface area contributed by atoms with Gasteiger partial charge in [-0.1, -0.05) is 72.8 Å². The molecule has 0 radical (unpaired) electrons. The second-order valence-corrected chi connectivity index (χ2v) is 8.83. The lowest BCUT2D eigenvalue weighted by Gasteiger charge is -2.08. The van der Waals surface area contributed by atoms with Crippen molar-refractivity contribution in [3.63, 3.8) is 0 Å². The predicted molar refractivity (Wildman–Crippen MR) is 144 cm³/mol. The van der Waals surface area contributed by atoms with E-state index < -0.39 is 0 Å². The van der Waals surface area contributed by atoms with Gasteiger partial charge in [0.25, 0.3) is 0 Å². The number of fused-ring (bicyclic) bond motifs is 5. The zero-order valence-corrected chi connectivity index (χ0v) is 19.0. The van der Waals surface area contributed by atoms with E-state index in [1.165, 1.54) is 0 Å². The lowest BCUT2D eigenvalue weighted by atomic mass is 10.0. The van der Waals surface area contributed by atoms with E-state index >= 15 is 0 Å². The molecule has 0 atom stereocenters. The van der Waals surface area contributed by atoms with Crippen LogP contribution in [0, 0.1) is 0 Å². The van der Waals surface area contributed by atoms with Gasteiger partial charge in [-0.15, -0.1) is 0 Å². The Kier molecular flexibility index (Phi) is 4.42. The molecule has 4 nitrogen and oxygen atoms in total. The third-order valence-corrected chi connectivity index (χ3v) is 6.69. The minimum Gasteiger partial charge on any atom is -0.456 e. The molecule has 0 bridgehead atoms. The van der Waals surface area contributed by atoms with E-state index in [-0.39, 0.29) is 21.8 Å². The van der Waals surface area contributed by atoms with E-state index in [0.29, 0.717) is 32.9 Å². The van der Waals surface area contributed by atoms with E-state index in [9.17, 15) is 9.59 Å². The Labute approximate surface area is 204 Å². The fourth-order valence-electron chi connectivity index (χ4n) is 4.87. The molecule has 7 rings (SSSR count). The average Bonchev–Trinajstić information content (AvgIpc) is 2.94. The van der Waals surface area contributed by atoms with Gasteiger partial charge >= 0.3 is 0 Å². The number of benzene rings is 5. The van der Waals surface area contributed by atoms with Crippen molar-refractivity contribution in [1.29, 1.82) is 0 Å². The van der Waals surface area contributed by atoms with Gasteiger partial charge in [-0.05, 0) is 58.7 Å². The highest BCUT2D eigenvalue weighted by molar-refractivity contribution is 6.07. The summed E-state index contributed by atoms with van der Waals surface area (Å²) in [6.07, 6.45) is 0. The van der Waals surface area contributed by atoms with E-state index in [2.05, 4.69) is 0 Å². The van der Waals surface area contributed by atoms with Crippen LogP contribution in [0.5, 0.6) is 0 Å². The summed E-state index contributed by atoms with van der Waals surface area (Å²) in [5.41, 5.74) is 5.00. The molecule has 0 unspecified atom stereocenters. The largest absolute Gasteiger partial charge is 0.456 e. The Morgan fingerprint density at radius 3 is 1.56 bits per heavy atom. The fourth-order valence-corrected chi connectivity index (χ4v) is 4.87. The van der Waals surface area contributed by atoms with Crippen LogP contribution in [-0.2, 0) is 0 Å². The summed E-state index contributed by atoms with van der Waals surface area (Å²) in [6, 6.07) is 34.2. The van der Waals surface area contributed by atoms with E-state index in [1.807, 2.05) is 91.0 Å². The normalized spacial score (nSPS) is 11.6. The second-order valence-electron chi connectivity index (χ2n) is 8.83. The van der Waals surface area contributed by atoms with Gasteiger partial charge in [0.15, 0.2) is 5.58 Å². The van der Waals surface area contributed by atoms with Crippen molar-refractivity contribution in [1.82, 2.24) is 0 Å². The first-order chi connectivity index (χ1) is 17.7. The smallest absolute Gasteiger partial charge is 0.204 e. The summed E-state index contributed by atoms with van der Waals surface area (Å²) < 4.78 is 12.3. The lowest BCUT2D eigenvalue weighted by molar-refractivity contribution is 0.649. The Hall–Kier alpha value is -4.96. The standard InChI is InChI=1S/C32H18O4/c33-30-23-13-16-28-29(31(34)25-18-22(11-14-26(25)35-28)20-9-5-2-6-10-20)32(23)36-27-15-12-21(17-24(27)30)19-7-3-1-4-8-19/h1-18H. The van der Waals surface area contributed by atoms with E-state index in [0.717, 1.165) is 22.3 Å². The third-order valence-electron chi connectivity index (χ3n) is 6.69. The second kappa shape index (κ2) is 7.79. The molecule has 170 valence electrons. The maximum atomic E-state index is 13.7. The molecule has 0 amide bonds. The van der Waals surface area contributed by atoms with E-state index in [4.69, 9.17) is 8.83 Å². The highest BCUT2D eigenvalue weighted by Gasteiger charge is 2.17. The van der Waals surface area contributed by atoms with Crippen LogP contribution in [0.3, 0.4) is 0 Å². The molecule has 0 aliphatic carbocycles. The van der Waals surface area contributed by atoms with Crippen LogP contribution in [0.15, 0.2) is 128 Å². The van der Waals surface area contributed by atoms with Crippen LogP contribution in [0.4, 0.5) is 0 Å². The van der Waals surface area contributed by atoms with Gasteiger partial charge in [0, 0.05) is 0 Å². The summed E-state index contributed by atoms with van der Waals surface area (Å²) in [5, 5.41) is 1.54. The molecular weight excluding hydrogens is 448 g/mol. The quantitative estimate of drug-likeness (QED) is 0.195. The summed E-state index contributed by atoms with van der Waals surface area (Å²) in [7, 11) is 0. The third kappa shape index (κ3) is 3.08. The zero-order chi connectivity index (χ0) is 24.2. The van der Waals surface area contributed by atoms with E-state index in [1.54, 1.807) is 18.2 Å². The Bertz CT molecular complexity index is 2070. The molecule has 36 heavy (non-hydrogen) atoms. The number of hydrogen-bond acceptors (Lipinski definition) is 4. The average molecular weight is 466 g/mol. The minimum absolute atomic E-state index is 0.177. The fraction of sp³-hybridized carbons (Fsp3) is 0. The van der Waals surface area contributed by atoms with Gasteiger partial charge in [0.1, 0.15) is 22.1 Å². The van der Waals surface area contributed by atoms with Crippen LogP contribution in [-0.4, -0.2) is 0 Å². The zero-order valence-electron chi connectivity index (χ0n) is 19.0. The van der Waals surface area contributed by atoms with Crippen molar-refractivity contribution in [2.75, 3.05) is 0 Å². The van der Waals surface area contributed by atoms with Crippen molar-refractivity contribution >= 4 is 43.9 Å². The molecule has 0 saturated carbocycles. The minimum atomic E-state index is -0.224. The molecule has 0 N–H and O–H groups in total. The first-order valence-electron chi connectivity index (χ1n) is 11.7. The molecule has 0 saturated heterocycles. The van der Waals surface area contributed by atoms with Crippen molar-refractivity contribution in [2.45, 2.75) is 0 Å². The van der Waals surface area contributed by atoms with Crippen LogP contribution in [0.25, 0.3) is 66.1 Å². The first kappa shape index (κ1) is 20.4. The van der Waals surface area contributed by atoms with Gasteiger partial charge in [-0.25, -0.2) is 0 Å². The van der Waals surface area contributed by atoms with Crippen molar-refractivity contribution in [3.8, 4) is 22.3 Å². The maximum Gasteiger partial charge on any atom is 0.204 e. The van der Waals surface area contributed by atoms with Crippen LogP contribution < -0.4 is 10.9 Å². The van der Waals surface area contributed by atoms with Gasteiger partial charge in [-0.3, -0.25) is 9.59 Å². The molecule has 5 aromatic carbocycles. The number of hydrogen-bond donors (Lipinski definition) is 0. The predicted octanol–water partition coefficient (Wildman–Crippen LogP) is 7.54.